The Hall–Kier alpha value is -2.82. The molecule has 0 heterocycles. The molecule has 0 aliphatic heterocycles. The lowest BCUT2D eigenvalue weighted by Crippen LogP contribution is -2.25. The Bertz CT molecular complexity index is 760. The van der Waals surface area contributed by atoms with Crippen molar-refractivity contribution in [3.05, 3.63) is 59.2 Å². The third kappa shape index (κ3) is 4.59. The van der Waals surface area contributed by atoms with Gasteiger partial charge < -0.3 is 16.0 Å². The number of carbonyl (C=O) groups is 2. The smallest absolute Gasteiger partial charge is 0.251 e. The monoisotopic (exact) mass is 337 g/mol. The van der Waals surface area contributed by atoms with E-state index in [1.807, 2.05) is 44.2 Å². The molecular weight excluding hydrogens is 314 g/mol. The van der Waals surface area contributed by atoms with Crippen LogP contribution in [-0.4, -0.2) is 24.4 Å². The van der Waals surface area contributed by atoms with Crippen LogP contribution in [0.2, 0.25) is 0 Å². The molecule has 1 aliphatic rings. The first-order valence-electron chi connectivity index (χ1n) is 8.54. The fourth-order valence-electron chi connectivity index (χ4n) is 2.61. The van der Waals surface area contributed by atoms with E-state index in [9.17, 15) is 9.59 Å². The molecule has 0 bridgehead atoms. The Morgan fingerprint density at radius 3 is 2.24 bits per heavy atom. The molecule has 2 aromatic carbocycles. The van der Waals surface area contributed by atoms with Crippen molar-refractivity contribution in [3.8, 4) is 0 Å². The van der Waals surface area contributed by atoms with Crippen LogP contribution in [0.4, 0.5) is 11.4 Å². The second-order valence-corrected chi connectivity index (χ2v) is 6.49. The highest BCUT2D eigenvalue weighted by Crippen LogP contribution is 2.20. The van der Waals surface area contributed by atoms with E-state index in [1.165, 1.54) is 0 Å². The molecule has 1 saturated carbocycles. The predicted molar refractivity (Wildman–Crippen MR) is 100.0 cm³/mol. The number of rotatable bonds is 6. The van der Waals surface area contributed by atoms with Gasteiger partial charge in [0, 0.05) is 23.0 Å². The summed E-state index contributed by atoms with van der Waals surface area (Å²) >= 11 is 0. The van der Waals surface area contributed by atoms with Crippen LogP contribution in [0.25, 0.3) is 0 Å². The molecule has 3 N–H and O–H groups in total. The highest BCUT2D eigenvalue weighted by Gasteiger charge is 2.23. The third-order valence-corrected chi connectivity index (χ3v) is 4.26. The van der Waals surface area contributed by atoms with Gasteiger partial charge >= 0.3 is 0 Å². The molecule has 0 saturated heterocycles. The van der Waals surface area contributed by atoms with Crippen LogP contribution in [0.15, 0.2) is 42.5 Å². The molecule has 1 aliphatic carbocycles. The van der Waals surface area contributed by atoms with Crippen molar-refractivity contribution in [1.82, 2.24) is 5.32 Å². The number of para-hydroxylation sites is 1. The van der Waals surface area contributed by atoms with Gasteiger partial charge in [-0.3, -0.25) is 9.59 Å². The highest BCUT2D eigenvalue weighted by atomic mass is 16.2. The number of anilines is 2. The van der Waals surface area contributed by atoms with Gasteiger partial charge in [0.25, 0.3) is 5.91 Å². The maximum atomic E-state index is 12.2. The zero-order valence-electron chi connectivity index (χ0n) is 14.6. The summed E-state index contributed by atoms with van der Waals surface area (Å²) in [6.45, 7) is 4.12. The number of hydrogen-bond donors (Lipinski definition) is 3. The van der Waals surface area contributed by atoms with Gasteiger partial charge in [-0.05, 0) is 62.1 Å². The Morgan fingerprint density at radius 1 is 1.00 bits per heavy atom. The molecular formula is C20H23N3O2. The van der Waals surface area contributed by atoms with Crippen LogP contribution in [0, 0.1) is 13.8 Å². The second-order valence-electron chi connectivity index (χ2n) is 6.49. The molecule has 0 atom stereocenters. The van der Waals surface area contributed by atoms with Crippen LogP contribution < -0.4 is 16.0 Å². The zero-order valence-corrected chi connectivity index (χ0v) is 14.6. The van der Waals surface area contributed by atoms with E-state index in [1.54, 1.807) is 12.1 Å². The zero-order chi connectivity index (χ0) is 17.8. The normalized spacial score (nSPS) is 13.2. The molecule has 130 valence electrons. The topological polar surface area (TPSA) is 70.2 Å². The summed E-state index contributed by atoms with van der Waals surface area (Å²) in [4.78, 5) is 24.1. The summed E-state index contributed by atoms with van der Waals surface area (Å²) in [7, 11) is 0. The molecule has 0 unspecified atom stereocenters. The maximum absolute atomic E-state index is 12.2. The first-order chi connectivity index (χ1) is 12.0. The number of benzene rings is 2. The predicted octanol–water partition coefficient (Wildman–Crippen LogP) is 3.25. The summed E-state index contributed by atoms with van der Waals surface area (Å²) in [6.07, 6.45) is 2.14. The van der Waals surface area contributed by atoms with Gasteiger partial charge in [0.2, 0.25) is 5.91 Å². The largest absolute Gasteiger partial charge is 0.376 e. The summed E-state index contributed by atoms with van der Waals surface area (Å²) < 4.78 is 0. The lowest BCUT2D eigenvalue weighted by Gasteiger charge is -2.12. The third-order valence-electron chi connectivity index (χ3n) is 4.26. The Labute approximate surface area is 147 Å². The number of carbonyl (C=O) groups excluding carboxylic acids is 2. The average molecular weight is 337 g/mol. The van der Waals surface area contributed by atoms with Crippen molar-refractivity contribution in [1.29, 1.82) is 0 Å². The van der Waals surface area contributed by atoms with Gasteiger partial charge in [0.05, 0.1) is 6.54 Å². The molecule has 2 aromatic rings. The molecule has 0 aromatic heterocycles. The van der Waals surface area contributed by atoms with E-state index < -0.39 is 0 Å². The second kappa shape index (κ2) is 7.38. The number of amides is 2. The van der Waals surface area contributed by atoms with E-state index in [0.717, 1.165) is 35.3 Å². The van der Waals surface area contributed by atoms with Crippen molar-refractivity contribution in [2.45, 2.75) is 32.7 Å². The van der Waals surface area contributed by atoms with Gasteiger partial charge in [0.15, 0.2) is 0 Å². The van der Waals surface area contributed by atoms with E-state index >= 15 is 0 Å². The molecule has 0 radical (unpaired) electrons. The molecule has 5 heteroatoms. The van der Waals surface area contributed by atoms with Crippen molar-refractivity contribution in [2.75, 3.05) is 17.2 Å². The van der Waals surface area contributed by atoms with Gasteiger partial charge in [0.1, 0.15) is 0 Å². The minimum Gasteiger partial charge on any atom is -0.376 e. The van der Waals surface area contributed by atoms with E-state index in [-0.39, 0.29) is 18.4 Å². The Morgan fingerprint density at radius 2 is 1.64 bits per heavy atom. The summed E-state index contributed by atoms with van der Waals surface area (Å²) in [5, 5.41) is 8.97. The maximum Gasteiger partial charge on any atom is 0.251 e. The van der Waals surface area contributed by atoms with Crippen LogP contribution in [0.1, 0.15) is 34.3 Å². The van der Waals surface area contributed by atoms with Gasteiger partial charge in [-0.1, -0.05) is 18.2 Å². The van der Waals surface area contributed by atoms with Gasteiger partial charge in [-0.2, -0.15) is 0 Å². The van der Waals surface area contributed by atoms with E-state index in [4.69, 9.17) is 0 Å². The van der Waals surface area contributed by atoms with Crippen LogP contribution in [-0.2, 0) is 4.79 Å². The number of nitrogens with one attached hydrogen (secondary N) is 3. The standard InChI is InChI=1S/C20H23N3O2/c1-13-4-3-5-14(2)19(13)23-18(24)12-21-16-8-6-15(7-9-16)20(25)22-17-10-11-17/h3-9,17,21H,10-12H2,1-2H3,(H,22,25)(H,23,24). The van der Waals surface area contributed by atoms with Crippen molar-refractivity contribution in [3.63, 3.8) is 0 Å². The summed E-state index contributed by atoms with van der Waals surface area (Å²) in [5.74, 6) is -0.144. The van der Waals surface area contributed by atoms with Crippen molar-refractivity contribution < 1.29 is 9.59 Å². The molecule has 0 spiro atoms. The molecule has 5 nitrogen and oxygen atoms in total. The fourth-order valence-corrected chi connectivity index (χ4v) is 2.61. The first-order valence-corrected chi connectivity index (χ1v) is 8.54. The van der Waals surface area contributed by atoms with Crippen molar-refractivity contribution in [2.24, 2.45) is 0 Å². The highest BCUT2D eigenvalue weighted by molar-refractivity contribution is 5.96. The molecule has 1 fully saturated rings. The summed E-state index contributed by atoms with van der Waals surface area (Å²) in [6, 6.07) is 13.4. The quantitative estimate of drug-likeness (QED) is 0.758. The van der Waals surface area contributed by atoms with Gasteiger partial charge in [-0.15, -0.1) is 0 Å². The first kappa shape index (κ1) is 17.0. The van der Waals surface area contributed by atoms with Crippen molar-refractivity contribution >= 4 is 23.2 Å². The summed E-state index contributed by atoms with van der Waals surface area (Å²) in [5.41, 5.74) is 4.39. The fraction of sp³-hybridized carbons (Fsp3) is 0.300. The molecule has 3 rings (SSSR count). The average Bonchev–Trinajstić information content (AvgIpc) is 3.41. The SMILES string of the molecule is Cc1cccc(C)c1NC(=O)CNc1ccc(C(=O)NC2CC2)cc1. The Balaban J connectivity index is 1.52. The van der Waals surface area contributed by atoms with E-state index in [2.05, 4.69) is 16.0 Å². The minimum absolute atomic E-state index is 0.0400. The van der Waals surface area contributed by atoms with Crippen LogP contribution in [0.5, 0.6) is 0 Å². The molecule has 2 amide bonds. The lowest BCUT2D eigenvalue weighted by atomic mass is 10.1. The molecule has 25 heavy (non-hydrogen) atoms. The van der Waals surface area contributed by atoms with E-state index in [0.29, 0.717) is 11.6 Å². The number of hydrogen-bond acceptors (Lipinski definition) is 3. The Kier molecular flexibility index (Phi) is 5.03. The van der Waals surface area contributed by atoms with Crippen LogP contribution in [0.3, 0.4) is 0 Å². The minimum atomic E-state index is -0.104. The van der Waals surface area contributed by atoms with Crippen LogP contribution >= 0.6 is 0 Å². The number of aryl methyl sites for hydroxylation is 2. The van der Waals surface area contributed by atoms with Gasteiger partial charge in [-0.25, -0.2) is 0 Å². The lowest BCUT2D eigenvalue weighted by molar-refractivity contribution is -0.114.